The molecule has 26 heavy (non-hydrogen) atoms. The van der Waals surface area contributed by atoms with Crippen molar-refractivity contribution < 1.29 is 17.9 Å². The molecule has 2 N–H and O–H groups in total. The Morgan fingerprint density at radius 2 is 1.96 bits per heavy atom. The van der Waals surface area contributed by atoms with Crippen LogP contribution in [-0.2, 0) is 14.6 Å². The molecule has 8 heteroatoms. The van der Waals surface area contributed by atoms with E-state index in [1.54, 1.807) is 12.1 Å². The summed E-state index contributed by atoms with van der Waals surface area (Å²) in [5.74, 6) is 0.740. The van der Waals surface area contributed by atoms with Crippen molar-refractivity contribution in [2.75, 3.05) is 19.4 Å². The maximum Gasteiger partial charge on any atom is 0.222 e. The molecule has 0 aromatic heterocycles. The molecular formula is C18H29ClN2O4S. The average molecular weight is 405 g/mol. The van der Waals surface area contributed by atoms with Crippen LogP contribution in [-0.4, -0.2) is 50.7 Å². The van der Waals surface area contributed by atoms with Gasteiger partial charge in [0.2, 0.25) is 5.91 Å². The zero-order chi connectivity index (χ0) is 18.4. The highest BCUT2D eigenvalue weighted by Gasteiger charge is 2.28. The third-order valence-electron chi connectivity index (χ3n) is 4.53. The van der Waals surface area contributed by atoms with E-state index in [0.29, 0.717) is 25.2 Å². The van der Waals surface area contributed by atoms with Crippen LogP contribution >= 0.6 is 12.4 Å². The van der Waals surface area contributed by atoms with Crippen molar-refractivity contribution in [1.82, 2.24) is 4.90 Å². The van der Waals surface area contributed by atoms with Gasteiger partial charge < -0.3 is 15.4 Å². The first-order chi connectivity index (χ1) is 11.8. The summed E-state index contributed by atoms with van der Waals surface area (Å²) >= 11 is 0. The summed E-state index contributed by atoms with van der Waals surface area (Å²) in [6.07, 6.45) is 5.37. The molecule has 1 aliphatic rings. The Balaban J connectivity index is 0.00000338. The number of carbonyl (C=O) groups excluding carboxylic acids is 1. The Morgan fingerprint density at radius 3 is 2.54 bits per heavy atom. The number of hydrogen-bond acceptors (Lipinski definition) is 5. The fourth-order valence-corrected chi connectivity index (χ4v) is 3.78. The van der Waals surface area contributed by atoms with E-state index in [1.807, 2.05) is 11.8 Å². The van der Waals surface area contributed by atoms with E-state index in [4.69, 9.17) is 10.5 Å². The molecule has 0 aliphatic carbocycles. The summed E-state index contributed by atoms with van der Waals surface area (Å²) in [6, 6.07) is 6.46. The second-order valence-corrected chi connectivity index (χ2v) is 8.72. The number of halogens is 1. The van der Waals surface area contributed by atoms with Crippen molar-refractivity contribution in [2.45, 2.75) is 56.0 Å². The summed E-state index contributed by atoms with van der Waals surface area (Å²) in [5, 5.41) is 0. The summed E-state index contributed by atoms with van der Waals surface area (Å²) < 4.78 is 28.4. The number of benzene rings is 1. The quantitative estimate of drug-likeness (QED) is 0.704. The Morgan fingerprint density at radius 1 is 1.31 bits per heavy atom. The second-order valence-electron chi connectivity index (χ2n) is 6.70. The first kappa shape index (κ1) is 22.7. The Kier molecular flexibility index (Phi) is 8.86. The van der Waals surface area contributed by atoms with E-state index in [9.17, 15) is 13.2 Å². The molecule has 0 spiro atoms. The molecule has 0 radical (unpaired) electrons. The van der Waals surface area contributed by atoms with Crippen LogP contribution in [0.15, 0.2) is 29.2 Å². The lowest BCUT2D eigenvalue weighted by molar-refractivity contribution is -0.135. The number of piperidine rings is 1. The van der Waals surface area contributed by atoms with Crippen molar-refractivity contribution in [3.8, 4) is 5.75 Å². The van der Waals surface area contributed by atoms with Gasteiger partial charge in [-0.3, -0.25) is 4.79 Å². The molecule has 1 aliphatic heterocycles. The lowest BCUT2D eigenvalue weighted by atomic mass is 9.96. The van der Waals surface area contributed by atoms with Crippen molar-refractivity contribution in [2.24, 2.45) is 5.73 Å². The molecule has 1 amide bonds. The highest BCUT2D eigenvalue weighted by molar-refractivity contribution is 7.90. The van der Waals surface area contributed by atoms with Crippen molar-refractivity contribution in [3.63, 3.8) is 0 Å². The summed E-state index contributed by atoms with van der Waals surface area (Å²) in [7, 11) is -3.20. The molecular weight excluding hydrogens is 376 g/mol. The molecule has 1 saturated heterocycles. The molecule has 2 atom stereocenters. The molecule has 0 saturated carbocycles. The maximum absolute atomic E-state index is 12.4. The molecule has 0 bridgehead atoms. The first-order valence-electron chi connectivity index (χ1n) is 8.77. The SMILES string of the molecule is CC(N)C1CCCCN1C(=O)CCCOc1ccc(S(C)(=O)=O)cc1.Cl. The van der Waals surface area contributed by atoms with Crippen LogP contribution in [0, 0.1) is 0 Å². The number of rotatable bonds is 7. The van der Waals surface area contributed by atoms with Crippen LogP contribution in [0.1, 0.15) is 39.0 Å². The highest BCUT2D eigenvalue weighted by atomic mass is 35.5. The minimum Gasteiger partial charge on any atom is -0.494 e. The van der Waals surface area contributed by atoms with Crippen LogP contribution in [0.2, 0.25) is 0 Å². The van der Waals surface area contributed by atoms with Gasteiger partial charge in [0, 0.05) is 31.3 Å². The van der Waals surface area contributed by atoms with Gasteiger partial charge in [-0.25, -0.2) is 8.42 Å². The van der Waals surface area contributed by atoms with Gasteiger partial charge >= 0.3 is 0 Å². The predicted octanol–water partition coefficient (Wildman–Crippen LogP) is 2.40. The first-order valence-corrected chi connectivity index (χ1v) is 10.7. The summed E-state index contributed by atoms with van der Waals surface area (Å²) in [5.41, 5.74) is 6.01. The van der Waals surface area contributed by atoms with Gasteiger partial charge in [0.25, 0.3) is 0 Å². The predicted molar refractivity (Wildman–Crippen MR) is 105 cm³/mol. The van der Waals surface area contributed by atoms with Gasteiger partial charge in [-0.1, -0.05) is 0 Å². The molecule has 1 heterocycles. The van der Waals surface area contributed by atoms with E-state index in [1.165, 1.54) is 18.4 Å². The van der Waals surface area contributed by atoms with Gasteiger partial charge in [0.15, 0.2) is 9.84 Å². The normalized spacial score (nSPS) is 18.7. The number of ether oxygens (including phenoxy) is 1. The minimum atomic E-state index is -3.20. The van der Waals surface area contributed by atoms with Crippen molar-refractivity contribution >= 4 is 28.2 Å². The van der Waals surface area contributed by atoms with Crippen molar-refractivity contribution in [1.29, 1.82) is 0 Å². The van der Waals surface area contributed by atoms with Crippen molar-refractivity contribution in [3.05, 3.63) is 24.3 Å². The largest absolute Gasteiger partial charge is 0.494 e. The molecule has 1 fully saturated rings. The third kappa shape index (κ3) is 6.45. The zero-order valence-electron chi connectivity index (χ0n) is 15.4. The second kappa shape index (κ2) is 10.1. The van der Waals surface area contributed by atoms with E-state index in [-0.39, 0.29) is 35.3 Å². The van der Waals surface area contributed by atoms with Crippen LogP contribution in [0.5, 0.6) is 5.75 Å². The van der Waals surface area contributed by atoms with E-state index < -0.39 is 9.84 Å². The fourth-order valence-electron chi connectivity index (χ4n) is 3.15. The molecule has 2 unspecified atom stereocenters. The summed E-state index contributed by atoms with van der Waals surface area (Å²) in [6.45, 7) is 3.17. The van der Waals surface area contributed by atoms with Crippen LogP contribution in [0.3, 0.4) is 0 Å². The van der Waals surface area contributed by atoms with Gasteiger partial charge in [-0.2, -0.15) is 0 Å². The molecule has 1 aromatic rings. The van der Waals surface area contributed by atoms with E-state index >= 15 is 0 Å². The Bertz CT molecular complexity index is 677. The van der Waals surface area contributed by atoms with Gasteiger partial charge in [-0.15, -0.1) is 12.4 Å². The maximum atomic E-state index is 12.4. The standard InChI is InChI=1S/C18H28N2O4S.ClH/c1-14(19)17-6-3-4-12-20(17)18(21)7-5-13-24-15-8-10-16(11-9-15)25(2,22)23;/h8-11,14,17H,3-7,12-13,19H2,1-2H3;1H. The van der Waals surface area contributed by atoms with E-state index in [0.717, 1.165) is 25.8 Å². The average Bonchev–Trinajstić information content (AvgIpc) is 2.58. The third-order valence-corrected chi connectivity index (χ3v) is 5.66. The lowest BCUT2D eigenvalue weighted by Crippen LogP contribution is -2.51. The highest BCUT2D eigenvalue weighted by Crippen LogP contribution is 2.20. The monoisotopic (exact) mass is 404 g/mol. The molecule has 2 rings (SSSR count). The van der Waals surface area contributed by atoms with Crippen LogP contribution < -0.4 is 10.5 Å². The van der Waals surface area contributed by atoms with Crippen LogP contribution in [0.4, 0.5) is 0 Å². The Hall–Kier alpha value is -1.31. The van der Waals surface area contributed by atoms with Gasteiger partial charge in [0.1, 0.15) is 5.75 Å². The minimum absolute atomic E-state index is 0. The van der Waals surface area contributed by atoms with Crippen LogP contribution in [0.25, 0.3) is 0 Å². The number of sulfone groups is 1. The number of hydrogen-bond donors (Lipinski definition) is 1. The topological polar surface area (TPSA) is 89.7 Å². The number of nitrogens with zero attached hydrogens (tertiary/aromatic N) is 1. The number of likely N-dealkylation sites (tertiary alicyclic amines) is 1. The van der Waals surface area contributed by atoms with Gasteiger partial charge in [0.05, 0.1) is 11.5 Å². The number of nitrogens with two attached hydrogens (primary N) is 1. The molecule has 6 nitrogen and oxygen atoms in total. The van der Waals surface area contributed by atoms with Gasteiger partial charge in [-0.05, 0) is 56.9 Å². The number of carbonyl (C=O) groups is 1. The zero-order valence-corrected chi connectivity index (χ0v) is 17.0. The smallest absolute Gasteiger partial charge is 0.222 e. The lowest BCUT2D eigenvalue weighted by Gasteiger charge is -2.38. The van der Waals surface area contributed by atoms with E-state index in [2.05, 4.69) is 0 Å². The number of amides is 1. The Labute approximate surface area is 162 Å². The molecule has 1 aromatic carbocycles. The fraction of sp³-hybridized carbons (Fsp3) is 0.611. The summed E-state index contributed by atoms with van der Waals surface area (Å²) in [4.78, 5) is 14.6. The molecule has 148 valence electrons.